The molecule has 1 rings (SSSR count). The number of rotatable bonds is 5. The van der Waals surface area contributed by atoms with Gasteiger partial charge in [-0.2, -0.15) is 0 Å². The van der Waals surface area contributed by atoms with E-state index in [1.54, 1.807) is 0 Å². The second-order valence-electron chi connectivity index (χ2n) is 4.41. The first-order valence-electron chi connectivity index (χ1n) is 5.97. The maximum atomic E-state index is 11.2. The first kappa shape index (κ1) is 12.3. The summed E-state index contributed by atoms with van der Waals surface area (Å²) in [5.41, 5.74) is 0.230. The van der Waals surface area contributed by atoms with Crippen LogP contribution in [0.5, 0.6) is 0 Å². The lowest BCUT2D eigenvalue weighted by atomic mass is 9.54. The Bertz CT molecular complexity index is 241. The van der Waals surface area contributed by atoms with Crippen molar-refractivity contribution >= 4 is 5.97 Å². The van der Waals surface area contributed by atoms with E-state index >= 15 is 0 Å². The highest BCUT2D eigenvalue weighted by Crippen LogP contribution is 2.54. The Kier molecular flexibility index (Phi) is 3.95. The maximum absolute atomic E-state index is 11.2. The molecule has 2 atom stereocenters. The van der Waals surface area contributed by atoms with Crippen LogP contribution in [0, 0.1) is 11.3 Å². The van der Waals surface area contributed by atoms with Gasteiger partial charge in [0.2, 0.25) is 0 Å². The number of hydrogen-bond acceptors (Lipinski definition) is 2. The second kappa shape index (κ2) is 4.82. The highest BCUT2D eigenvalue weighted by Gasteiger charge is 2.53. The average molecular weight is 210 g/mol. The molecule has 0 aromatic carbocycles. The SMILES string of the molecule is C=CC(=O)OC1C[C@H](CC)C1(CC)CC. The van der Waals surface area contributed by atoms with Crippen molar-refractivity contribution in [1.29, 1.82) is 0 Å². The molecule has 0 amide bonds. The molecular weight excluding hydrogens is 188 g/mol. The van der Waals surface area contributed by atoms with Crippen LogP contribution in [0.25, 0.3) is 0 Å². The minimum Gasteiger partial charge on any atom is -0.459 e. The molecule has 0 radical (unpaired) electrons. The monoisotopic (exact) mass is 210 g/mol. The zero-order valence-corrected chi connectivity index (χ0v) is 10.1. The van der Waals surface area contributed by atoms with Crippen molar-refractivity contribution < 1.29 is 9.53 Å². The molecule has 0 bridgehead atoms. The Morgan fingerprint density at radius 2 is 2.07 bits per heavy atom. The summed E-state index contributed by atoms with van der Waals surface area (Å²) in [5, 5.41) is 0. The Balaban J connectivity index is 2.68. The van der Waals surface area contributed by atoms with Gasteiger partial charge in [-0.05, 0) is 25.2 Å². The molecule has 0 saturated heterocycles. The lowest BCUT2D eigenvalue weighted by Crippen LogP contribution is -2.54. The van der Waals surface area contributed by atoms with Crippen molar-refractivity contribution in [2.75, 3.05) is 0 Å². The third kappa shape index (κ3) is 1.95. The lowest BCUT2D eigenvalue weighted by Gasteiger charge is -2.54. The van der Waals surface area contributed by atoms with Gasteiger partial charge in [0.1, 0.15) is 6.10 Å². The van der Waals surface area contributed by atoms with E-state index < -0.39 is 0 Å². The van der Waals surface area contributed by atoms with Gasteiger partial charge in [0.25, 0.3) is 0 Å². The van der Waals surface area contributed by atoms with Crippen LogP contribution in [-0.2, 0) is 9.53 Å². The van der Waals surface area contributed by atoms with E-state index in [-0.39, 0.29) is 17.5 Å². The minimum atomic E-state index is -0.277. The van der Waals surface area contributed by atoms with Gasteiger partial charge in [0.05, 0.1) is 0 Å². The highest BCUT2D eigenvalue weighted by molar-refractivity contribution is 5.81. The van der Waals surface area contributed by atoms with Crippen molar-refractivity contribution in [2.24, 2.45) is 11.3 Å². The quantitative estimate of drug-likeness (QED) is 0.514. The summed E-state index contributed by atoms with van der Waals surface area (Å²) in [6.07, 6.45) is 5.77. The largest absolute Gasteiger partial charge is 0.459 e. The molecule has 86 valence electrons. The molecule has 0 aromatic heterocycles. The molecule has 0 spiro atoms. The molecule has 2 nitrogen and oxygen atoms in total. The van der Waals surface area contributed by atoms with Crippen LogP contribution >= 0.6 is 0 Å². The maximum Gasteiger partial charge on any atom is 0.330 e. The zero-order chi connectivity index (χ0) is 11.5. The average Bonchev–Trinajstić information content (AvgIpc) is 2.25. The first-order valence-corrected chi connectivity index (χ1v) is 5.97. The topological polar surface area (TPSA) is 26.3 Å². The van der Waals surface area contributed by atoms with E-state index in [9.17, 15) is 4.79 Å². The Hall–Kier alpha value is -0.790. The molecule has 0 heterocycles. The second-order valence-corrected chi connectivity index (χ2v) is 4.41. The standard InChI is InChI=1S/C13H22O2/c1-5-10-9-11(15-12(14)6-2)13(10,7-3)8-4/h6,10-11H,2,5,7-9H2,1,3-4H3/t10-,11?/m0/s1. The van der Waals surface area contributed by atoms with Gasteiger partial charge >= 0.3 is 5.97 Å². The number of esters is 1. The van der Waals surface area contributed by atoms with Gasteiger partial charge in [0, 0.05) is 11.5 Å². The molecule has 1 unspecified atom stereocenters. The number of hydrogen-bond donors (Lipinski definition) is 0. The normalized spacial score (nSPS) is 27.9. The summed E-state index contributed by atoms with van der Waals surface area (Å²) in [6, 6.07) is 0. The van der Waals surface area contributed by atoms with Gasteiger partial charge in [-0.3, -0.25) is 0 Å². The third-order valence-corrected chi connectivity index (χ3v) is 4.19. The molecule has 1 aliphatic rings. The van der Waals surface area contributed by atoms with Crippen LogP contribution in [-0.4, -0.2) is 12.1 Å². The number of carbonyl (C=O) groups is 1. The van der Waals surface area contributed by atoms with Crippen LogP contribution in [0.15, 0.2) is 12.7 Å². The predicted octanol–water partition coefficient (Wildman–Crippen LogP) is 3.32. The highest BCUT2D eigenvalue weighted by atomic mass is 16.5. The number of ether oxygens (including phenoxy) is 1. The minimum absolute atomic E-state index is 0.114. The van der Waals surface area contributed by atoms with Gasteiger partial charge in [-0.15, -0.1) is 0 Å². The smallest absolute Gasteiger partial charge is 0.330 e. The molecule has 0 N–H and O–H groups in total. The van der Waals surface area contributed by atoms with E-state index in [1.807, 2.05) is 0 Å². The Labute approximate surface area is 92.7 Å². The molecule has 1 saturated carbocycles. The molecule has 0 aliphatic heterocycles. The summed E-state index contributed by atoms with van der Waals surface area (Å²) in [4.78, 5) is 11.2. The van der Waals surface area contributed by atoms with Crippen LogP contribution in [0.4, 0.5) is 0 Å². The number of carbonyl (C=O) groups excluding carboxylic acids is 1. The van der Waals surface area contributed by atoms with E-state index in [1.165, 1.54) is 12.5 Å². The van der Waals surface area contributed by atoms with Crippen molar-refractivity contribution in [3.05, 3.63) is 12.7 Å². The lowest BCUT2D eigenvalue weighted by molar-refractivity contribution is -0.180. The van der Waals surface area contributed by atoms with Gasteiger partial charge in [-0.25, -0.2) is 4.79 Å². The van der Waals surface area contributed by atoms with E-state index in [2.05, 4.69) is 27.4 Å². The van der Waals surface area contributed by atoms with Gasteiger partial charge in [0.15, 0.2) is 0 Å². The fourth-order valence-corrected chi connectivity index (χ4v) is 3.04. The summed E-state index contributed by atoms with van der Waals surface area (Å²) in [7, 11) is 0. The Morgan fingerprint density at radius 1 is 1.47 bits per heavy atom. The zero-order valence-electron chi connectivity index (χ0n) is 10.1. The fourth-order valence-electron chi connectivity index (χ4n) is 3.04. The molecule has 0 aromatic rings. The van der Waals surface area contributed by atoms with Crippen LogP contribution < -0.4 is 0 Å². The first-order chi connectivity index (χ1) is 7.14. The predicted molar refractivity (Wildman–Crippen MR) is 61.5 cm³/mol. The van der Waals surface area contributed by atoms with E-state index in [4.69, 9.17) is 4.74 Å². The van der Waals surface area contributed by atoms with Crippen molar-refractivity contribution in [3.8, 4) is 0 Å². The van der Waals surface area contributed by atoms with Crippen LogP contribution in [0.1, 0.15) is 46.5 Å². The van der Waals surface area contributed by atoms with Crippen molar-refractivity contribution in [3.63, 3.8) is 0 Å². The summed E-state index contributed by atoms with van der Waals surface area (Å²) < 4.78 is 5.41. The molecule has 2 heteroatoms. The molecular formula is C13H22O2. The summed E-state index contributed by atoms with van der Waals surface area (Å²) >= 11 is 0. The molecule has 15 heavy (non-hydrogen) atoms. The van der Waals surface area contributed by atoms with Crippen LogP contribution in [0.2, 0.25) is 0 Å². The fraction of sp³-hybridized carbons (Fsp3) is 0.769. The van der Waals surface area contributed by atoms with Gasteiger partial charge in [-0.1, -0.05) is 33.8 Å². The summed E-state index contributed by atoms with van der Waals surface area (Å²) in [5.74, 6) is 0.441. The summed E-state index contributed by atoms with van der Waals surface area (Å²) in [6.45, 7) is 10.0. The van der Waals surface area contributed by atoms with Crippen molar-refractivity contribution in [1.82, 2.24) is 0 Å². The van der Waals surface area contributed by atoms with Crippen molar-refractivity contribution in [2.45, 2.75) is 52.6 Å². The van der Waals surface area contributed by atoms with Crippen LogP contribution in [0.3, 0.4) is 0 Å². The molecule has 1 aliphatic carbocycles. The Morgan fingerprint density at radius 3 is 2.47 bits per heavy atom. The third-order valence-electron chi connectivity index (χ3n) is 4.19. The van der Waals surface area contributed by atoms with Gasteiger partial charge < -0.3 is 4.74 Å². The van der Waals surface area contributed by atoms with E-state index in [0.29, 0.717) is 0 Å². The molecule has 1 fully saturated rings. The van der Waals surface area contributed by atoms with E-state index in [0.717, 1.165) is 25.2 Å².